The van der Waals surface area contributed by atoms with Crippen molar-refractivity contribution in [2.75, 3.05) is 13.1 Å². The molecule has 6 nitrogen and oxygen atoms in total. The molecule has 6 heteroatoms. The Hall–Kier alpha value is -1.82. The van der Waals surface area contributed by atoms with E-state index >= 15 is 0 Å². The molecule has 1 saturated heterocycles. The summed E-state index contributed by atoms with van der Waals surface area (Å²) in [6.45, 7) is 6.00. The lowest BCUT2D eigenvalue weighted by molar-refractivity contribution is 0.252. The van der Waals surface area contributed by atoms with E-state index in [1.807, 2.05) is 6.92 Å². The molecular formula is C12H15N5O. The van der Waals surface area contributed by atoms with Gasteiger partial charge in [-0.3, -0.25) is 0 Å². The molecule has 3 heterocycles. The zero-order valence-corrected chi connectivity index (χ0v) is 10.4. The molecule has 0 bridgehead atoms. The second-order valence-electron chi connectivity index (χ2n) is 4.65. The van der Waals surface area contributed by atoms with E-state index in [4.69, 9.17) is 4.52 Å². The van der Waals surface area contributed by atoms with Gasteiger partial charge in [0.1, 0.15) is 11.5 Å². The van der Waals surface area contributed by atoms with Gasteiger partial charge in [0, 0.05) is 12.1 Å². The zero-order valence-electron chi connectivity index (χ0n) is 10.4. The van der Waals surface area contributed by atoms with Crippen molar-refractivity contribution < 1.29 is 4.52 Å². The number of rotatable bonds is 3. The van der Waals surface area contributed by atoms with Crippen molar-refractivity contribution in [1.29, 1.82) is 0 Å². The number of nitrogens with one attached hydrogen (secondary N) is 1. The minimum Gasteiger partial charge on any atom is -0.339 e. The molecule has 0 amide bonds. The summed E-state index contributed by atoms with van der Waals surface area (Å²) in [6.07, 6.45) is 1.70. The van der Waals surface area contributed by atoms with Crippen LogP contribution in [0.5, 0.6) is 0 Å². The molecule has 2 aromatic rings. The van der Waals surface area contributed by atoms with Crippen molar-refractivity contribution in [3.63, 3.8) is 0 Å². The van der Waals surface area contributed by atoms with Gasteiger partial charge >= 0.3 is 0 Å². The highest BCUT2D eigenvalue weighted by molar-refractivity contribution is 5.47. The van der Waals surface area contributed by atoms with Gasteiger partial charge in [0.05, 0.1) is 0 Å². The van der Waals surface area contributed by atoms with Crippen molar-refractivity contribution >= 4 is 0 Å². The maximum Gasteiger partial charge on any atom is 0.230 e. The molecule has 0 aliphatic carbocycles. The molecule has 94 valence electrons. The summed E-state index contributed by atoms with van der Waals surface area (Å²) in [4.78, 5) is 12.8. The fourth-order valence-corrected chi connectivity index (χ4v) is 1.97. The number of aromatic nitrogens is 4. The second kappa shape index (κ2) is 4.45. The minimum atomic E-state index is 0.287. The van der Waals surface area contributed by atoms with Crippen molar-refractivity contribution in [2.24, 2.45) is 5.92 Å². The number of nitrogens with zero attached hydrogens (tertiary/aromatic N) is 4. The molecule has 0 saturated carbocycles. The third-order valence-electron chi connectivity index (χ3n) is 3.36. The van der Waals surface area contributed by atoms with Crippen LogP contribution in [-0.4, -0.2) is 33.2 Å². The molecule has 1 fully saturated rings. The smallest absolute Gasteiger partial charge is 0.230 e. The molecule has 1 aliphatic rings. The SMILES string of the molecule is Cc1nccc(-c2noc(C(C)C3CNC3)n2)n1. The van der Waals surface area contributed by atoms with E-state index in [1.165, 1.54) is 0 Å². The highest BCUT2D eigenvalue weighted by Gasteiger charge is 2.28. The summed E-state index contributed by atoms with van der Waals surface area (Å²) in [5, 5.41) is 7.24. The van der Waals surface area contributed by atoms with E-state index in [0.717, 1.165) is 13.1 Å². The van der Waals surface area contributed by atoms with Crippen LogP contribution in [0.4, 0.5) is 0 Å². The Morgan fingerprint density at radius 3 is 2.89 bits per heavy atom. The van der Waals surface area contributed by atoms with E-state index in [-0.39, 0.29) is 5.92 Å². The van der Waals surface area contributed by atoms with Crippen LogP contribution in [0.3, 0.4) is 0 Å². The minimum absolute atomic E-state index is 0.287. The van der Waals surface area contributed by atoms with Crippen LogP contribution >= 0.6 is 0 Å². The molecule has 18 heavy (non-hydrogen) atoms. The van der Waals surface area contributed by atoms with Crippen LogP contribution in [-0.2, 0) is 0 Å². The van der Waals surface area contributed by atoms with Crippen molar-refractivity contribution in [1.82, 2.24) is 25.4 Å². The predicted octanol–water partition coefficient (Wildman–Crippen LogP) is 1.16. The molecule has 2 aromatic heterocycles. The average Bonchev–Trinajstić information content (AvgIpc) is 2.75. The molecule has 3 rings (SSSR count). The van der Waals surface area contributed by atoms with Crippen molar-refractivity contribution in [2.45, 2.75) is 19.8 Å². The number of aryl methyl sites for hydroxylation is 1. The van der Waals surface area contributed by atoms with Gasteiger partial charge < -0.3 is 9.84 Å². The first-order chi connectivity index (χ1) is 8.74. The van der Waals surface area contributed by atoms with Crippen molar-refractivity contribution in [3.8, 4) is 11.5 Å². The first-order valence-corrected chi connectivity index (χ1v) is 6.08. The largest absolute Gasteiger partial charge is 0.339 e. The van der Waals surface area contributed by atoms with E-state index in [2.05, 4.69) is 32.3 Å². The quantitative estimate of drug-likeness (QED) is 0.874. The van der Waals surface area contributed by atoms with E-state index in [0.29, 0.717) is 29.2 Å². The van der Waals surface area contributed by atoms with E-state index in [9.17, 15) is 0 Å². The lowest BCUT2D eigenvalue weighted by Gasteiger charge is -2.30. The van der Waals surface area contributed by atoms with Gasteiger partial charge in [-0.1, -0.05) is 12.1 Å². The van der Waals surface area contributed by atoms with E-state index < -0.39 is 0 Å². The summed E-state index contributed by atoms with van der Waals surface area (Å²) >= 11 is 0. The Labute approximate surface area is 105 Å². The van der Waals surface area contributed by atoms with Crippen molar-refractivity contribution in [3.05, 3.63) is 24.0 Å². The van der Waals surface area contributed by atoms with Gasteiger partial charge in [-0.15, -0.1) is 0 Å². The standard InChI is InChI=1S/C12H15N5O/c1-7(9-5-13-6-9)12-16-11(17-18-12)10-3-4-14-8(2)15-10/h3-4,7,9,13H,5-6H2,1-2H3. The average molecular weight is 245 g/mol. The maximum absolute atomic E-state index is 5.33. The van der Waals surface area contributed by atoms with Gasteiger partial charge in [0.15, 0.2) is 0 Å². The molecule has 0 spiro atoms. The molecule has 1 N–H and O–H groups in total. The fourth-order valence-electron chi connectivity index (χ4n) is 1.97. The topological polar surface area (TPSA) is 76.7 Å². The first kappa shape index (κ1) is 11.3. The molecule has 0 radical (unpaired) electrons. The molecule has 1 atom stereocenters. The summed E-state index contributed by atoms with van der Waals surface area (Å²) < 4.78 is 5.33. The van der Waals surface area contributed by atoms with Crippen LogP contribution in [0.2, 0.25) is 0 Å². The van der Waals surface area contributed by atoms with Crippen LogP contribution < -0.4 is 5.32 Å². The Morgan fingerprint density at radius 2 is 2.22 bits per heavy atom. The van der Waals surface area contributed by atoms with Gasteiger partial charge in [-0.2, -0.15) is 4.98 Å². The molecular weight excluding hydrogens is 230 g/mol. The second-order valence-corrected chi connectivity index (χ2v) is 4.65. The Balaban J connectivity index is 1.84. The van der Waals surface area contributed by atoms with Gasteiger partial charge in [0.25, 0.3) is 0 Å². The normalized spacial score (nSPS) is 17.4. The molecule has 1 unspecified atom stereocenters. The Bertz CT molecular complexity index is 549. The maximum atomic E-state index is 5.33. The summed E-state index contributed by atoms with van der Waals surface area (Å²) in [5.74, 6) is 2.80. The summed E-state index contributed by atoms with van der Waals surface area (Å²) in [6, 6.07) is 1.79. The number of hydrogen-bond donors (Lipinski definition) is 1. The zero-order chi connectivity index (χ0) is 12.5. The van der Waals surface area contributed by atoms with Gasteiger partial charge in [-0.05, 0) is 32.0 Å². The van der Waals surface area contributed by atoms with Gasteiger partial charge in [0.2, 0.25) is 11.7 Å². The first-order valence-electron chi connectivity index (χ1n) is 6.08. The molecule has 0 aromatic carbocycles. The summed E-state index contributed by atoms with van der Waals surface area (Å²) in [7, 11) is 0. The van der Waals surface area contributed by atoms with Crippen LogP contribution in [0, 0.1) is 12.8 Å². The van der Waals surface area contributed by atoms with Crippen LogP contribution in [0.25, 0.3) is 11.5 Å². The van der Waals surface area contributed by atoms with Crippen LogP contribution in [0.1, 0.15) is 24.6 Å². The lowest BCUT2D eigenvalue weighted by atomic mass is 9.89. The monoisotopic (exact) mass is 245 g/mol. The summed E-state index contributed by atoms with van der Waals surface area (Å²) in [5.41, 5.74) is 0.705. The lowest BCUT2D eigenvalue weighted by Crippen LogP contribution is -2.44. The van der Waals surface area contributed by atoms with Crippen LogP contribution in [0.15, 0.2) is 16.8 Å². The third kappa shape index (κ3) is 1.99. The number of hydrogen-bond acceptors (Lipinski definition) is 6. The predicted molar refractivity (Wildman–Crippen MR) is 64.8 cm³/mol. The van der Waals surface area contributed by atoms with E-state index in [1.54, 1.807) is 12.3 Å². The van der Waals surface area contributed by atoms with Gasteiger partial charge in [-0.25, -0.2) is 9.97 Å². The molecule has 1 aliphatic heterocycles. The Morgan fingerprint density at radius 1 is 1.39 bits per heavy atom. The Kier molecular flexibility index (Phi) is 2.79. The highest BCUT2D eigenvalue weighted by atomic mass is 16.5. The third-order valence-corrected chi connectivity index (χ3v) is 3.36. The highest BCUT2D eigenvalue weighted by Crippen LogP contribution is 2.26. The fraction of sp³-hybridized carbons (Fsp3) is 0.500.